The van der Waals surface area contributed by atoms with Crippen LogP contribution in [-0.2, 0) is 9.59 Å². The van der Waals surface area contributed by atoms with Gasteiger partial charge in [0.15, 0.2) is 5.78 Å². The Morgan fingerprint density at radius 3 is 2.64 bits per heavy atom. The Hall–Kier alpha value is -0.920. The maximum atomic E-state index is 12.4. The summed E-state index contributed by atoms with van der Waals surface area (Å²) in [4.78, 5) is 24.6. The van der Waals surface area contributed by atoms with E-state index in [0.717, 1.165) is 43.9 Å². The second kappa shape index (κ2) is 3.94. The number of fused-ring (bicyclic) bond motifs is 7. The second-order valence-corrected chi connectivity index (χ2v) is 9.14. The van der Waals surface area contributed by atoms with Gasteiger partial charge < -0.3 is 0 Å². The zero-order chi connectivity index (χ0) is 15.3. The van der Waals surface area contributed by atoms with Gasteiger partial charge in [0, 0.05) is 17.8 Å². The summed E-state index contributed by atoms with van der Waals surface area (Å²) in [5, 5.41) is 0. The zero-order valence-corrected chi connectivity index (χ0v) is 13.7. The van der Waals surface area contributed by atoms with E-state index in [2.05, 4.69) is 13.8 Å². The van der Waals surface area contributed by atoms with Crippen LogP contribution in [0.5, 0.6) is 0 Å². The first-order valence-electron chi connectivity index (χ1n) is 9.24. The first kappa shape index (κ1) is 13.5. The average molecular weight is 298 g/mol. The van der Waals surface area contributed by atoms with Gasteiger partial charge in [0.25, 0.3) is 0 Å². The third-order valence-corrected chi connectivity index (χ3v) is 8.60. The van der Waals surface area contributed by atoms with Crippen molar-refractivity contribution in [2.75, 3.05) is 0 Å². The standard InChI is InChI=1S/C20H26O2/c1-19-8-7-15-12(14(19)5-6-18(19)22)4-3-11-9-17(21)13-10-16(13)20(11,15)2/h9,12-16H,3-8,10H2,1-2H3/t12-,13+,14-,15-,16-,19-,20-/m0/s1. The lowest BCUT2D eigenvalue weighted by Crippen LogP contribution is -2.51. The molecule has 0 amide bonds. The Bertz CT molecular complexity index is 617. The molecule has 4 fully saturated rings. The van der Waals surface area contributed by atoms with Crippen LogP contribution in [0.1, 0.15) is 58.8 Å². The van der Waals surface area contributed by atoms with Crippen LogP contribution in [0.4, 0.5) is 0 Å². The molecule has 7 atom stereocenters. The average Bonchev–Trinajstić information content (AvgIpc) is 3.24. The summed E-state index contributed by atoms with van der Waals surface area (Å²) in [6.45, 7) is 4.72. The number of carbonyl (C=O) groups excluding carboxylic acids is 2. The van der Waals surface area contributed by atoms with Crippen LogP contribution in [0.25, 0.3) is 0 Å². The summed E-state index contributed by atoms with van der Waals surface area (Å²) in [7, 11) is 0. The summed E-state index contributed by atoms with van der Waals surface area (Å²) in [6.07, 6.45) is 9.70. The Balaban J connectivity index is 1.56. The molecule has 118 valence electrons. The normalized spacial score (nSPS) is 55.7. The number of hydrogen-bond acceptors (Lipinski definition) is 2. The number of allylic oxidation sites excluding steroid dienone is 1. The van der Waals surface area contributed by atoms with Gasteiger partial charge in [-0.3, -0.25) is 9.59 Å². The van der Waals surface area contributed by atoms with E-state index in [4.69, 9.17) is 0 Å². The predicted molar refractivity (Wildman–Crippen MR) is 84.1 cm³/mol. The molecule has 4 saturated carbocycles. The highest BCUT2D eigenvalue weighted by molar-refractivity contribution is 5.96. The fraction of sp³-hybridized carbons (Fsp3) is 0.800. The van der Waals surface area contributed by atoms with Gasteiger partial charge >= 0.3 is 0 Å². The van der Waals surface area contributed by atoms with Crippen LogP contribution in [0.3, 0.4) is 0 Å². The second-order valence-electron chi connectivity index (χ2n) is 9.14. The minimum Gasteiger partial charge on any atom is -0.299 e. The van der Waals surface area contributed by atoms with Crippen molar-refractivity contribution >= 4 is 11.6 Å². The quantitative estimate of drug-likeness (QED) is 0.678. The Morgan fingerprint density at radius 2 is 1.82 bits per heavy atom. The summed E-state index contributed by atoms with van der Waals surface area (Å²) in [5.74, 6) is 3.96. The van der Waals surface area contributed by atoms with Gasteiger partial charge in [0.1, 0.15) is 5.78 Å². The molecule has 22 heavy (non-hydrogen) atoms. The van der Waals surface area contributed by atoms with Gasteiger partial charge in [-0.25, -0.2) is 0 Å². The monoisotopic (exact) mass is 298 g/mol. The van der Waals surface area contributed by atoms with Crippen molar-refractivity contribution in [1.82, 2.24) is 0 Å². The maximum absolute atomic E-state index is 12.4. The molecule has 0 aromatic carbocycles. The van der Waals surface area contributed by atoms with Crippen molar-refractivity contribution in [2.45, 2.75) is 58.8 Å². The Kier molecular flexibility index (Phi) is 2.42. The van der Waals surface area contributed by atoms with Crippen LogP contribution in [0, 0.1) is 40.4 Å². The SMILES string of the molecule is C[C@@]12C(=CC(=O)[C@@H]3C[C@@H]31)CC[C@@H]1[C@@H]2CC[C@]2(C)C(=O)CC[C@@H]12. The molecule has 0 bridgehead atoms. The number of hydrogen-bond donors (Lipinski definition) is 0. The topological polar surface area (TPSA) is 34.1 Å². The summed E-state index contributed by atoms with van der Waals surface area (Å²) in [5.41, 5.74) is 1.71. The van der Waals surface area contributed by atoms with E-state index in [1.165, 1.54) is 18.4 Å². The van der Waals surface area contributed by atoms with Crippen LogP contribution in [0.2, 0.25) is 0 Å². The van der Waals surface area contributed by atoms with E-state index in [9.17, 15) is 9.59 Å². The van der Waals surface area contributed by atoms with Crippen molar-refractivity contribution in [3.05, 3.63) is 11.6 Å². The maximum Gasteiger partial charge on any atom is 0.159 e. The van der Waals surface area contributed by atoms with Crippen molar-refractivity contribution in [3.63, 3.8) is 0 Å². The summed E-state index contributed by atoms with van der Waals surface area (Å²) in [6, 6.07) is 0. The molecule has 0 saturated heterocycles. The highest BCUT2D eigenvalue weighted by Gasteiger charge is 2.65. The zero-order valence-electron chi connectivity index (χ0n) is 13.7. The largest absolute Gasteiger partial charge is 0.299 e. The molecule has 0 unspecified atom stereocenters. The third-order valence-electron chi connectivity index (χ3n) is 8.60. The molecule has 0 spiro atoms. The van der Waals surface area contributed by atoms with Crippen LogP contribution in [-0.4, -0.2) is 11.6 Å². The van der Waals surface area contributed by atoms with Crippen LogP contribution >= 0.6 is 0 Å². The molecular formula is C20H26O2. The summed E-state index contributed by atoms with van der Waals surface area (Å²) >= 11 is 0. The Labute approximate surface area is 132 Å². The van der Waals surface area contributed by atoms with E-state index < -0.39 is 0 Å². The molecule has 5 aliphatic carbocycles. The highest BCUT2D eigenvalue weighted by Crippen LogP contribution is 2.70. The number of ketones is 2. The van der Waals surface area contributed by atoms with Gasteiger partial charge in [-0.2, -0.15) is 0 Å². The minimum atomic E-state index is -0.0216. The predicted octanol–water partition coefficient (Wildman–Crippen LogP) is 3.94. The molecule has 2 nitrogen and oxygen atoms in total. The minimum absolute atomic E-state index is 0.0216. The third kappa shape index (κ3) is 1.39. The molecular weight excluding hydrogens is 272 g/mol. The first-order chi connectivity index (χ1) is 10.5. The van der Waals surface area contributed by atoms with Crippen molar-refractivity contribution in [3.8, 4) is 0 Å². The molecule has 0 aliphatic heterocycles. The smallest absolute Gasteiger partial charge is 0.159 e. The van der Waals surface area contributed by atoms with E-state index in [1.807, 2.05) is 6.08 Å². The van der Waals surface area contributed by atoms with Crippen LogP contribution < -0.4 is 0 Å². The number of Topliss-reactive ketones (excluding diaryl/α,β-unsaturated/α-hetero) is 1. The fourth-order valence-electron chi connectivity index (χ4n) is 7.23. The molecule has 0 radical (unpaired) electrons. The first-order valence-corrected chi connectivity index (χ1v) is 9.24. The molecule has 0 heterocycles. The van der Waals surface area contributed by atoms with Crippen molar-refractivity contribution in [2.24, 2.45) is 40.4 Å². The molecule has 5 aliphatic rings. The van der Waals surface area contributed by atoms with Gasteiger partial charge in [0.2, 0.25) is 0 Å². The highest BCUT2D eigenvalue weighted by atomic mass is 16.1. The van der Waals surface area contributed by atoms with Gasteiger partial charge in [-0.05, 0) is 73.7 Å². The fourth-order valence-corrected chi connectivity index (χ4v) is 7.23. The van der Waals surface area contributed by atoms with E-state index >= 15 is 0 Å². The van der Waals surface area contributed by atoms with Gasteiger partial charge in [0.05, 0.1) is 0 Å². The van der Waals surface area contributed by atoms with Gasteiger partial charge in [-0.15, -0.1) is 0 Å². The van der Waals surface area contributed by atoms with Gasteiger partial charge in [-0.1, -0.05) is 19.4 Å². The lowest BCUT2D eigenvalue weighted by Gasteiger charge is -2.57. The Morgan fingerprint density at radius 1 is 1.00 bits per heavy atom. The molecule has 0 aromatic rings. The van der Waals surface area contributed by atoms with E-state index in [1.54, 1.807) is 0 Å². The molecule has 0 N–H and O–H groups in total. The number of rotatable bonds is 0. The van der Waals surface area contributed by atoms with E-state index in [0.29, 0.717) is 29.3 Å². The summed E-state index contributed by atoms with van der Waals surface area (Å²) < 4.78 is 0. The number of carbonyl (C=O) groups is 2. The molecule has 0 aromatic heterocycles. The lowest BCUT2D eigenvalue weighted by atomic mass is 9.47. The van der Waals surface area contributed by atoms with Crippen molar-refractivity contribution in [1.29, 1.82) is 0 Å². The van der Waals surface area contributed by atoms with Crippen LogP contribution in [0.15, 0.2) is 11.6 Å². The van der Waals surface area contributed by atoms with Crippen molar-refractivity contribution < 1.29 is 9.59 Å². The molecule has 5 rings (SSSR count). The molecule has 2 heteroatoms. The lowest BCUT2D eigenvalue weighted by molar-refractivity contribution is -0.132. The van der Waals surface area contributed by atoms with E-state index in [-0.39, 0.29) is 10.8 Å².